The molecule has 0 amide bonds. The monoisotopic (exact) mass is 466 g/mol. The Morgan fingerprint density at radius 1 is 0.912 bits per heavy atom. The molecular weight excluding hydrogens is 416 g/mol. The van der Waals surface area contributed by atoms with E-state index in [2.05, 4.69) is 61.1 Å². The maximum atomic E-state index is 11.9. The van der Waals surface area contributed by atoms with E-state index in [0.717, 1.165) is 30.6 Å². The highest BCUT2D eigenvalue weighted by molar-refractivity contribution is 5.66. The first-order chi connectivity index (χ1) is 15.7. The smallest absolute Gasteiger partial charge is 0.302 e. The zero-order chi connectivity index (χ0) is 24.9. The van der Waals surface area contributed by atoms with Gasteiger partial charge < -0.3 is 4.74 Å². The second-order valence-electron chi connectivity index (χ2n) is 14.8. The average Bonchev–Trinajstić information content (AvgIpc) is 3.08. The summed E-state index contributed by atoms with van der Waals surface area (Å²) in [7, 11) is 0. The van der Waals surface area contributed by atoms with E-state index in [0.29, 0.717) is 22.2 Å². The highest BCUT2D eigenvalue weighted by atomic mass is 16.5. The Hall–Kier alpha value is -1.05. The lowest BCUT2D eigenvalue weighted by Gasteiger charge is -2.70. The minimum atomic E-state index is -0.134. The van der Waals surface area contributed by atoms with E-state index >= 15 is 0 Å². The van der Waals surface area contributed by atoms with E-state index in [4.69, 9.17) is 4.74 Å². The van der Waals surface area contributed by atoms with Gasteiger partial charge in [-0.1, -0.05) is 65.3 Å². The summed E-state index contributed by atoms with van der Waals surface area (Å²) < 4.78 is 5.87. The highest BCUT2D eigenvalue weighted by Gasteiger charge is 2.69. The van der Waals surface area contributed by atoms with Crippen molar-refractivity contribution in [1.82, 2.24) is 0 Å². The Bertz CT molecular complexity index is 927. The van der Waals surface area contributed by atoms with Gasteiger partial charge in [0.05, 0.1) is 0 Å². The first kappa shape index (κ1) is 24.6. The quantitative estimate of drug-likeness (QED) is 0.301. The summed E-state index contributed by atoms with van der Waals surface area (Å²) in [6.45, 7) is 23.6. The van der Waals surface area contributed by atoms with Crippen LogP contribution in [-0.2, 0) is 9.53 Å². The van der Waals surface area contributed by atoms with E-state index < -0.39 is 0 Å². The molecule has 9 atom stereocenters. The molecule has 2 heteroatoms. The summed E-state index contributed by atoms with van der Waals surface area (Å²) in [5, 5.41) is 0. The molecule has 0 saturated heterocycles. The fraction of sp³-hybridized carbons (Fsp3) is 0.844. The Kier molecular flexibility index (Phi) is 5.42. The van der Waals surface area contributed by atoms with Crippen LogP contribution in [0.4, 0.5) is 0 Å². The normalized spacial score (nSPS) is 51.3. The van der Waals surface area contributed by atoms with Gasteiger partial charge in [0.1, 0.15) is 6.10 Å². The van der Waals surface area contributed by atoms with Crippen LogP contribution in [0.3, 0.4) is 0 Å². The zero-order valence-electron chi connectivity index (χ0n) is 23.4. The molecule has 5 aliphatic carbocycles. The topological polar surface area (TPSA) is 26.3 Å². The van der Waals surface area contributed by atoms with Crippen LogP contribution in [0, 0.1) is 50.7 Å². The van der Waals surface area contributed by atoms with Crippen LogP contribution in [0.1, 0.15) is 113 Å². The average molecular weight is 467 g/mol. The van der Waals surface area contributed by atoms with Crippen molar-refractivity contribution in [1.29, 1.82) is 0 Å². The van der Waals surface area contributed by atoms with Crippen LogP contribution in [0.25, 0.3) is 0 Å². The minimum Gasteiger partial charge on any atom is -0.462 e. The number of rotatable bonds is 2. The van der Waals surface area contributed by atoms with Crippen LogP contribution >= 0.6 is 0 Å². The summed E-state index contributed by atoms with van der Waals surface area (Å²) in [6, 6.07) is 0. The third kappa shape index (κ3) is 3.02. The fourth-order valence-corrected chi connectivity index (χ4v) is 11.1. The van der Waals surface area contributed by atoms with Crippen LogP contribution in [0.15, 0.2) is 23.8 Å². The van der Waals surface area contributed by atoms with E-state index in [1.165, 1.54) is 50.5 Å². The second-order valence-corrected chi connectivity index (χ2v) is 14.8. The molecule has 0 heterocycles. The molecule has 0 aromatic rings. The van der Waals surface area contributed by atoms with E-state index in [1.54, 1.807) is 12.5 Å². The van der Waals surface area contributed by atoms with Crippen molar-refractivity contribution in [3.05, 3.63) is 23.8 Å². The van der Waals surface area contributed by atoms with Gasteiger partial charge in [0.15, 0.2) is 0 Å². The molecule has 0 bridgehead atoms. The van der Waals surface area contributed by atoms with Crippen LogP contribution in [-0.4, -0.2) is 12.1 Å². The predicted molar refractivity (Wildman–Crippen MR) is 140 cm³/mol. The molecule has 4 fully saturated rings. The third-order valence-corrected chi connectivity index (χ3v) is 13.1. The Balaban J connectivity index is 1.55. The van der Waals surface area contributed by atoms with Gasteiger partial charge in [0.2, 0.25) is 0 Å². The van der Waals surface area contributed by atoms with E-state index in [9.17, 15) is 4.79 Å². The van der Waals surface area contributed by atoms with Crippen molar-refractivity contribution in [3.63, 3.8) is 0 Å². The molecule has 0 N–H and O–H groups in total. The lowest BCUT2D eigenvalue weighted by atomic mass is 9.34. The second kappa shape index (κ2) is 7.48. The van der Waals surface area contributed by atoms with Crippen molar-refractivity contribution >= 4 is 5.97 Å². The number of carbonyl (C=O) groups is 1. The molecule has 0 radical (unpaired) electrons. The molecule has 0 aromatic carbocycles. The van der Waals surface area contributed by atoms with E-state index in [1.807, 2.05) is 0 Å². The molecule has 0 spiro atoms. The molecule has 4 saturated carbocycles. The number of ether oxygens (including phenoxy) is 1. The molecule has 34 heavy (non-hydrogen) atoms. The summed E-state index contributed by atoms with van der Waals surface area (Å²) in [5.74, 6) is 2.94. The summed E-state index contributed by atoms with van der Waals surface area (Å²) in [6.07, 6.45) is 14.3. The SMILES string of the molecule is C=C(C)C1CCC2(C)CCC3(C)C(CCC4C5(C)CCC(OC(C)=O)C(C)(C)C5=CCC43C)C12. The Labute approximate surface area is 209 Å². The highest BCUT2D eigenvalue weighted by Crippen LogP contribution is 2.76. The van der Waals surface area contributed by atoms with Crippen molar-refractivity contribution in [3.8, 4) is 0 Å². The lowest BCUT2D eigenvalue weighted by molar-refractivity contribution is -0.195. The first-order valence-corrected chi connectivity index (χ1v) is 14.2. The number of hydrogen-bond donors (Lipinski definition) is 0. The molecule has 5 rings (SSSR count). The van der Waals surface area contributed by atoms with Gasteiger partial charge in [0.25, 0.3) is 0 Å². The van der Waals surface area contributed by atoms with Crippen molar-refractivity contribution in [2.45, 2.75) is 119 Å². The summed E-state index contributed by atoms with van der Waals surface area (Å²) >= 11 is 0. The third-order valence-electron chi connectivity index (χ3n) is 13.1. The van der Waals surface area contributed by atoms with E-state index in [-0.39, 0.29) is 22.9 Å². The van der Waals surface area contributed by atoms with Gasteiger partial charge in [-0.2, -0.15) is 0 Å². The number of esters is 1. The lowest BCUT2D eigenvalue weighted by Crippen LogP contribution is -2.64. The molecule has 5 aliphatic rings. The minimum absolute atomic E-state index is 0.00538. The Morgan fingerprint density at radius 2 is 1.62 bits per heavy atom. The molecule has 0 aromatic heterocycles. The van der Waals surface area contributed by atoms with Crippen molar-refractivity contribution in [2.75, 3.05) is 0 Å². The van der Waals surface area contributed by atoms with Crippen molar-refractivity contribution < 1.29 is 9.53 Å². The molecular formula is C32H50O2. The van der Waals surface area contributed by atoms with Crippen molar-refractivity contribution in [2.24, 2.45) is 50.7 Å². The molecule has 9 unspecified atom stereocenters. The maximum absolute atomic E-state index is 11.9. The van der Waals surface area contributed by atoms with Crippen LogP contribution in [0.5, 0.6) is 0 Å². The zero-order valence-corrected chi connectivity index (χ0v) is 23.4. The number of hydrogen-bond acceptors (Lipinski definition) is 2. The molecule has 2 nitrogen and oxygen atoms in total. The van der Waals surface area contributed by atoms with Crippen LogP contribution < -0.4 is 0 Å². The van der Waals surface area contributed by atoms with Crippen LogP contribution in [0.2, 0.25) is 0 Å². The largest absolute Gasteiger partial charge is 0.462 e. The van der Waals surface area contributed by atoms with Gasteiger partial charge in [0, 0.05) is 12.3 Å². The van der Waals surface area contributed by atoms with Gasteiger partial charge in [-0.3, -0.25) is 4.79 Å². The summed E-state index contributed by atoms with van der Waals surface area (Å²) in [4.78, 5) is 11.9. The number of carbonyl (C=O) groups excluding carboxylic acids is 1. The number of fused-ring (bicyclic) bond motifs is 7. The molecule has 190 valence electrons. The van der Waals surface area contributed by atoms with Gasteiger partial charge in [-0.15, -0.1) is 0 Å². The standard InChI is InChI=1S/C32H50O2/c1-20(2)22-12-15-29(6)18-19-31(8)23(27(22)29)10-11-25-30(7)16-14-26(34-21(3)33)28(4,5)24(30)13-17-32(25,31)9/h13,22-23,25-27H,1,10-12,14-19H2,2-9H3. The summed E-state index contributed by atoms with van der Waals surface area (Å²) in [5.41, 5.74) is 4.39. The van der Waals surface area contributed by atoms with Gasteiger partial charge in [-0.25, -0.2) is 0 Å². The maximum Gasteiger partial charge on any atom is 0.302 e. The van der Waals surface area contributed by atoms with Gasteiger partial charge in [-0.05, 0) is 110 Å². The molecule has 0 aliphatic heterocycles. The number of allylic oxidation sites excluding steroid dienone is 2. The van der Waals surface area contributed by atoms with Gasteiger partial charge >= 0.3 is 5.97 Å². The Morgan fingerprint density at radius 3 is 2.26 bits per heavy atom. The predicted octanol–water partition coefficient (Wildman–Crippen LogP) is 8.52. The first-order valence-electron chi connectivity index (χ1n) is 14.2. The fourth-order valence-electron chi connectivity index (χ4n) is 11.1.